The van der Waals surface area contributed by atoms with Gasteiger partial charge in [0.25, 0.3) is 0 Å². The Morgan fingerprint density at radius 1 is 1.25 bits per heavy atom. The Morgan fingerprint density at radius 2 is 1.90 bits per heavy atom. The van der Waals surface area contributed by atoms with E-state index in [1.54, 1.807) is 18.2 Å². The molecule has 0 atom stereocenters. The number of ketones is 1. The quantitative estimate of drug-likeness (QED) is 0.630. The summed E-state index contributed by atoms with van der Waals surface area (Å²) in [5.74, 6) is -0.0354. The minimum atomic E-state index is -0.0354. The lowest BCUT2D eigenvalue weighted by molar-refractivity contribution is 0.104. The van der Waals surface area contributed by atoms with E-state index in [1.807, 2.05) is 49.7 Å². The lowest BCUT2D eigenvalue weighted by Gasteiger charge is -1.98. The van der Waals surface area contributed by atoms with Crippen molar-refractivity contribution in [1.82, 2.24) is 4.57 Å². The van der Waals surface area contributed by atoms with Crippen LogP contribution in [0.3, 0.4) is 0 Å². The van der Waals surface area contributed by atoms with Gasteiger partial charge < -0.3 is 4.57 Å². The molecule has 1 heterocycles. The highest BCUT2D eigenvalue weighted by atomic mass is 16.1. The number of allylic oxidation sites excluding steroid dienone is 1. The molecule has 0 fully saturated rings. The van der Waals surface area contributed by atoms with Crippen molar-refractivity contribution in [3.05, 3.63) is 64.5 Å². The number of carbonyl (C=O) groups is 1. The van der Waals surface area contributed by atoms with E-state index in [4.69, 9.17) is 5.26 Å². The second-order valence-corrected chi connectivity index (χ2v) is 4.80. The first-order chi connectivity index (χ1) is 9.52. The lowest BCUT2D eigenvalue weighted by Crippen LogP contribution is -1.95. The van der Waals surface area contributed by atoms with Crippen LogP contribution in [0.15, 0.2) is 36.4 Å². The molecular weight excluding hydrogens is 248 g/mol. The molecule has 1 aromatic heterocycles. The van der Waals surface area contributed by atoms with Crippen molar-refractivity contribution in [2.75, 3.05) is 0 Å². The SMILES string of the molecule is Cc1ccc(C(=O)/C=C/c2cc(C#N)n(C)c2C)cc1. The molecule has 0 spiro atoms. The first kappa shape index (κ1) is 13.8. The standard InChI is InChI=1S/C17H16N2O/c1-12-4-6-14(7-5-12)17(20)9-8-15-10-16(11-18)19(3)13(15)2/h4-10H,1-3H3/b9-8+. The molecular formula is C17H16N2O. The Hall–Kier alpha value is -2.60. The minimum Gasteiger partial charge on any atom is -0.339 e. The van der Waals surface area contributed by atoms with Gasteiger partial charge >= 0.3 is 0 Å². The van der Waals surface area contributed by atoms with Crippen molar-refractivity contribution in [3.8, 4) is 6.07 Å². The molecule has 0 amide bonds. The van der Waals surface area contributed by atoms with Gasteiger partial charge in [-0.05, 0) is 37.6 Å². The average Bonchev–Trinajstić information content (AvgIpc) is 2.73. The van der Waals surface area contributed by atoms with Gasteiger partial charge in [0.2, 0.25) is 0 Å². The third-order valence-corrected chi connectivity index (χ3v) is 3.44. The van der Waals surface area contributed by atoms with Gasteiger partial charge in [-0.15, -0.1) is 0 Å². The molecule has 0 aliphatic heterocycles. The summed E-state index contributed by atoms with van der Waals surface area (Å²) >= 11 is 0. The summed E-state index contributed by atoms with van der Waals surface area (Å²) in [7, 11) is 1.84. The van der Waals surface area contributed by atoms with Crippen molar-refractivity contribution in [1.29, 1.82) is 5.26 Å². The maximum Gasteiger partial charge on any atom is 0.185 e. The second-order valence-electron chi connectivity index (χ2n) is 4.80. The van der Waals surface area contributed by atoms with E-state index in [0.717, 1.165) is 16.8 Å². The van der Waals surface area contributed by atoms with Gasteiger partial charge in [-0.2, -0.15) is 5.26 Å². The molecule has 1 aromatic carbocycles. The Balaban J connectivity index is 2.24. The fraction of sp³-hybridized carbons (Fsp3) is 0.176. The van der Waals surface area contributed by atoms with E-state index < -0.39 is 0 Å². The highest BCUT2D eigenvalue weighted by molar-refractivity contribution is 6.06. The van der Waals surface area contributed by atoms with E-state index in [0.29, 0.717) is 11.3 Å². The zero-order chi connectivity index (χ0) is 14.7. The second kappa shape index (κ2) is 5.58. The maximum atomic E-state index is 12.0. The molecule has 3 heteroatoms. The van der Waals surface area contributed by atoms with Crippen LogP contribution in [0.25, 0.3) is 6.08 Å². The van der Waals surface area contributed by atoms with Gasteiger partial charge in [0.15, 0.2) is 5.78 Å². The molecule has 0 aliphatic carbocycles. The molecule has 0 unspecified atom stereocenters. The number of aromatic nitrogens is 1. The first-order valence-corrected chi connectivity index (χ1v) is 6.38. The number of rotatable bonds is 3. The van der Waals surface area contributed by atoms with Gasteiger partial charge in [0.1, 0.15) is 11.8 Å². The molecule has 0 saturated heterocycles. The number of nitriles is 1. The molecule has 20 heavy (non-hydrogen) atoms. The average molecular weight is 264 g/mol. The summed E-state index contributed by atoms with van der Waals surface area (Å²) in [4.78, 5) is 12.0. The summed E-state index contributed by atoms with van der Waals surface area (Å²) in [6, 6.07) is 11.4. The summed E-state index contributed by atoms with van der Waals surface area (Å²) in [5, 5.41) is 8.98. The molecule has 0 radical (unpaired) electrons. The zero-order valence-electron chi connectivity index (χ0n) is 11.8. The fourth-order valence-corrected chi connectivity index (χ4v) is 1.98. The molecule has 0 N–H and O–H groups in total. The van der Waals surface area contributed by atoms with Crippen LogP contribution in [-0.2, 0) is 7.05 Å². The van der Waals surface area contributed by atoms with Crippen molar-refractivity contribution in [2.24, 2.45) is 7.05 Å². The maximum absolute atomic E-state index is 12.0. The third kappa shape index (κ3) is 2.70. The number of carbonyl (C=O) groups excluding carboxylic acids is 1. The van der Waals surface area contributed by atoms with Gasteiger partial charge in [-0.25, -0.2) is 0 Å². The largest absolute Gasteiger partial charge is 0.339 e. The number of aryl methyl sites for hydroxylation is 1. The van der Waals surface area contributed by atoms with Crippen LogP contribution in [-0.4, -0.2) is 10.4 Å². The predicted molar refractivity (Wildman–Crippen MR) is 79.4 cm³/mol. The smallest absolute Gasteiger partial charge is 0.185 e. The van der Waals surface area contributed by atoms with Crippen LogP contribution >= 0.6 is 0 Å². The van der Waals surface area contributed by atoms with Crippen molar-refractivity contribution in [2.45, 2.75) is 13.8 Å². The molecule has 100 valence electrons. The molecule has 2 aromatic rings. The van der Waals surface area contributed by atoms with Crippen LogP contribution < -0.4 is 0 Å². The fourth-order valence-electron chi connectivity index (χ4n) is 1.98. The summed E-state index contributed by atoms with van der Waals surface area (Å²) < 4.78 is 1.82. The summed E-state index contributed by atoms with van der Waals surface area (Å²) in [6.07, 6.45) is 3.31. The van der Waals surface area contributed by atoms with E-state index >= 15 is 0 Å². The number of nitrogens with zero attached hydrogens (tertiary/aromatic N) is 2. The normalized spacial score (nSPS) is 10.7. The number of hydrogen-bond donors (Lipinski definition) is 0. The Bertz CT molecular complexity index is 713. The number of benzene rings is 1. The van der Waals surface area contributed by atoms with Crippen LogP contribution in [0.2, 0.25) is 0 Å². The molecule has 0 aliphatic rings. The van der Waals surface area contributed by atoms with E-state index in [1.165, 1.54) is 0 Å². The Morgan fingerprint density at radius 3 is 2.45 bits per heavy atom. The van der Waals surface area contributed by atoms with Gasteiger partial charge in [-0.1, -0.05) is 29.8 Å². The zero-order valence-corrected chi connectivity index (χ0v) is 11.8. The van der Waals surface area contributed by atoms with Crippen LogP contribution in [0.4, 0.5) is 0 Å². The van der Waals surface area contributed by atoms with E-state index in [2.05, 4.69) is 6.07 Å². The van der Waals surface area contributed by atoms with Crippen LogP contribution in [0.5, 0.6) is 0 Å². The minimum absolute atomic E-state index is 0.0354. The third-order valence-electron chi connectivity index (χ3n) is 3.44. The lowest BCUT2D eigenvalue weighted by atomic mass is 10.1. The Labute approximate surface area is 118 Å². The van der Waals surface area contributed by atoms with E-state index in [-0.39, 0.29) is 5.78 Å². The van der Waals surface area contributed by atoms with Crippen molar-refractivity contribution < 1.29 is 4.79 Å². The summed E-state index contributed by atoms with van der Waals surface area (Å²) in [6.45, 7) is 3.91. The van der Waals surface area contributed by atoms with Gasteiger partial charge in [0.05, 0.1) is 0 Å². The van der Waals surface area contributed by atoms with Crippen molar-refractivity contribution in [3.63, 3.8) is 0 Å². The van der Waals surface area contributed by atoms with Gasteiger partial charge in [-0.3, -0.25) is 4.79 Å². The molecule has 0 bridgehead atoms. The van der Waals surface area contributed by atoms with E-state index in [9.17, 15) is 4.79 Å². The van der Waals surface area contributed by atoms with Crippen LogP contribution in [0, 0.1) is 25.2 Å². The van der Waals surface area contributed by atoms with Gasteiger partial charge in [0, 0.05) is 18.3 Å². The molecule has 0 saturated carbocycles. The first-order valence-electron chi connectivity index (χ1n) is 6.38. The Kier molecular flexibility index (Phi) is 3.86. The monoisotopic (exact) mass is 264 g/mol. The van der Waals surface area contributed by atoms with Crippen molar-refractivity contribution >= 4 is 11.9 Å². The predicted octanol–water partition coefficient (Wildman–Crippen LogP) is 3.41. The highest BCUT2D eigenvalue weighted by Crippen LogP contribution is 2.15. The molecule has 2 rings (SSSR count). The number of hydrogen-bond acceptors (Lipinski definition) is 2. The summed E-state index contributed by atoms with van der Waals surface area (Å²) in [5.41, 5.74) is 4.24. The van der Waals surface area contributed by atoms with Crippen LogP contribution in [0.1, 0.15) is 32.9 Å². The topological polar surface area (TPSA) is 45.8 Å². The highest BCUT2D eigenvalue weighted by Gasteiger charge is 2.07. The molecule has 3 nitrogen and oxygen atoms in total.